The van der Waals surface area contributed by atoms with Gasteiger partial charge in [0.15, 0.2) is 5.78 Å². The van der Waals surface area contributed by atoms with Gasteiger partial charge in [0.05, 0.1) is 25.6 Å². The van der Waals surface area contributed by atoms with Crippen molar-refractivity contribution in [3.8, 4) is 0 Å². The Morgan fingerprint density at radius 2 is 1.08 bits per heavy atom. The number of carbonyl (C=O) groups is 3. The number of methoxy groups -OCH3 is 2. The summed E-state index contributed by atoms with van der Waals surface area (Å²) in [6, 6.07) is 13.0. The Labute approximate surface area is 138 Å². The molecule has 0 aliphatic rings. The van der Waals surface area contributed by atoms with Gasteiger partial charge in [-0.1, -0.05) is 24.3 Å². The third-order valence-electron chi connectivity index (χ3n) is 3.19. The maximum atomic E-state index is 12.8. The number of benzene rings is 2. The molecule has 0 unspecified atom stereocenters. The van der Waals surface area contributed by atoms with E-state index >= 15 is 0 Å². The first-order chi connectivity index (χ1) is 11.6. The number of hydrogen-bond acceptors (Lipinski definition) is 5. The number of hydrogen-bond donors (Lipinski definition) is 2. The molecule has 0 aliphatic heterocycles. The first-order valence-corrected chi connectivity index (χ1v) is 6.99. The molecule has 7 nitrogen and oxygen atoms in total. The molecule has 0 aliphatic carbocycles. The van der Waals surface area contributed by atoms with Crippen LogP contribution in [-0.2, 0) is 9.47 Å². The van der Waals surface area contributed by atoms with Gasteiger partial charge in [-0.2, -0.15) is 0 Å². The molecule has 0 bridgehead atoms. The van der Waals surface area contributed by atoms with Crippen LogP contribution in [0.2, 0.25) is 0 Å². The zero-order chi connectivity index (χ0) is 17.5. The lowest BCUT2D eigenvalue weighted by Gasteiger charge is -2.12. The number of nitrogens with one attached hydrogen (secondary N) is 2. The predicted molar refractivity (Wildman–Crippen MR) is 88.4 cm³/mol. The van der Waals surface area contributed by atoms with Crippen molar-refractivity contribution in [1.82, 2.24) is 0 Å². The summed E-state index contributed by atoms with van der Waals surface area (Å²) in [5.74, 6) is -0.367. The van der Waals surface area contributed by atoms with Crippen LogP contribution in [0.5, 0.6) is 0 Å². The second kappa shape index (κ2) is 7.77. The molecule has 2 amide bonds. The van der Waals surface area contributed by atoms with Crippen LogP contribution in [0.1, 0.15) is 15.9 Å². The summed E-state index contributed by atoms with van der Waals surface area (Å²) in [7, 11) is 2.46. The molecule has 0 radical (unpaired) electrons. The lowest BCUT2D eigenvalue weighted by Crippen LogP contribution is -2.17. The minimum Gasteiger partial charge on any atom is -0.453 e. The van der Waals surface area contributed by atoms with Crippen LogP contribution in [0.15, 0.2) is 48.5 Å². The number of amides is 2. The maximum absolute atomic E-state index is 12.8. The second-order valence-electron chi connectivity index (χ2n) is 4.65. The van der Waals surface area contributed by atoms with E-state index in [1.165, 1.54) is 14.2 Å². The second-order valence-corrected chi connectivity index (χ2v) is 4.65. The van der Waals surface area contributed by atoms with Crippen LogP contribution in [-0.4, -0.2) is 32.2 Å². The van der Waals surface area contributed by atoms with Crippen molar-refractivity contribution in [2.24, 2.45) is 0 Å². The molecule has 0 heterocycles. The fraction of sp³-hybridized carbons (Fsp3) is 0.118. The normalized spacial score (nSPS) is 9.75. The fourth-order valence-electron chi connectivity index (χ4n) is 2.05. The number of rotatable bonds is 4. The Kier molecular flexibility index (Phi) is 5.51. The number of ether oxygens (including phenoxy) is 2. The zero-order valence-corrected chi connectivity index (χ0v) is 13.2. The molecule has 0 spiro atoms. The highest BCUT2D eigenvalue weighted by atomic mass is 16.5. The zero-order valence-electron chi connectivity index (χ0n) is 13.2. The van der Waals surface area contributed by atoms with Crippen molar-refractivity contribution >= 4 is 29.3 Å². The average Bonchev–Trinajstić information content (AvgIpc) is 2.61. The van der Waals surface area contributed by atoms with Gasteiger partial charge in [0.1, 0.15) is 0 Å². The number of carbonyl (C=O) groups excluding carboxylic acids is 3. The Morgan fingerprint density at radius 3 is 1.46 bits per heavy atom. The van der Waals surface area contributed by atoms with Crippen LogP contribution in [0.4, 0.5) is 21.0 Å². The van der Waals surface area contributed by atoms with Crippen LogP contribution >= 0.6 is 0 Å². The highest BCUT2D eigenvalue weighted by Gasteiger charge is 2.18. The molecule has 2 rings (SSSR count). The summed E-state index contributed by atoms with van der Waals surface area (Å²) < 4.78 is 9.10. The molecule has 24 heavy (non-hydrogen) atoms. The Morgan fingerprint density at radius 1 is 0.708 bits per heavy atom. The highest BCUT2D eigenvalue weighted by molar-refractivity contribution is 6.17. The molecule has 0 saturated heterocycles. The van der Waals surface area contributed by atoms with Gasteiger partial charge in [0.2, 0.25) is 0 Å². The summed E-state index contributed by atoms with van der Waals surface area (Å²) in [6.07, 6.45) is -1.37. The van der Waals surface area contributed by atoms with Gasteiger partial charge in [-0.3, -0.25) is 15.4 Å². The lowest BCUT2D eigenvalue weighted by molar-refractivity contribution is 0.104. The topological polar surface area (TPSA) is 93.7 Å². The van der Waals surface area contributed by atoms with E-state index in [-0.39, 0.29) is 16.9 Å². The molecule has 0 saturated carbocycles. The van der Waals surface area contributed by atoms with Gasteiger partial charge in [-0.25, -0.2) is 9.59 Å². The Balaban J connectivity index is 2.40. The van der Waals surface area contributed by atoms with Crippen LogP contribution in [0, 0.1) is 0 Å². The van der Waals surface area contributed by atoms with Gasteiger partial charge in [-0.05, 0) is 24.3 Å². The summed E-state index contributed by atoms with van der Waals surface area (Å²) in [5, 5.41) is 4.98. The molecular formula is C17H16N2O5. The first kappa shape index (κ1) is 17.0. The first-order valence-electron chi connectivity index (χ1n) is 6.99. The minimum absolute atomic E-state index is 0.266. The quantitative estimate of drug-likeness (QED) is 0.840. The van der Waals surface area contributed by atoms with E-state index in [1.807, 2.05) is 0 Å². The standard InChI is InChI=1S/C17H16N2O5/c1-23-16(21)18-13-9-5-3-7-11(13)15(20)12-8-4-6-10-14(12)19-17(22)24-2/h3-10H,1-2H3,(H,18,21)(H,19,22). The van der Waals surface area contributed by atoms with Crippen molar-refractivity contribution < 1.29 is 23.9 Å². The molecule has 0 fully saturated rings. The van der Waals surface area contributed by atoms with Crippen molar-refractivity contribution in [2.45, 2.75) is 0 Å². The van der Waals surface area contributed by atoms with Crippen molar-refractivity contribution in [1.29, 1.82) is 0 Å². The lowest BCUT2D eigenvalue weighted by atomic mass is 10.00. The van der Waals surface area contributed by atoms with E-state index in [1.54, 1.807) is 48.5 Å². The molecule has 2 N–H and O–H groups in total. The number of para-hydroxylation sites is 2. The summed E-state index contributed by atoms with van der Waals surface area (Å²) in [4.78, 5) is 35.7. The SMILES string of the molecule is COC(=O)Nc1ccccc1C(=O)c1ccccc1NC(=O)OC. The van der Waals surface area contributed by atoms with Crippen molar-refractivity contribution in [2.75, 3.05) is 24.9 Å². The predicted octanol–water partition coefficient (Wildman–Crippen LogP) is 3.27. The molecule has 0 atom stereocenters. The van der Waals surface area contributed by atoms with E-state index < -0.39 is 12.2 Å². The fourth-order valence-corrected chi connectivity index (χ4v) is 2.05. The van der Waals surface area contributed by atoms with E-state index in [9.17, 15) is 14.4 Å². The van der Waals surface area contributed by atoms with Crippen LogP contribution in [0.3, 0.4) is 0 Å². The van der Waals surface area contributed by atoms with Gasteiger partial charge >= 0.3 is 12.2 Å². The molecule has 124 valence electrons. The van der Waals surface area contributed by atoms with Gasteiger partial charge < -0.3 is 9.47 Å². The third kappa shape index (κ3) is 3.89. The summed E-state index contributed by atoms with van der Waals surface area (Å²) in [6.45, 7) is 0. The third-order valence-corrected chi connectivity index (χ3v) is 3.19. The van der Waals surface area contributed by atoms with Gasteiger partial charge in [0.25, 0.3) is 0 Å². The average molecular weight is 328 g/mol. The Bertz CT molecular complexity index is 710. The van der Waals surface area contributed by atoms with Gasteiger partial charge in [-0.15, -0.1) is 0 Å². The molecule has 7 heteroatoms. The molecular weight excluding hydrogens is 312 g/mol. The van der Waals surface area contributed by atoms with E-state index in [2.05, 4.69) is 20.1 Å². The molecule has 2 aromatic rings. The highest BCUT2D eigenvalue weighted by Crippen LogP contribution is 2.24. The molecule has 2 aromatic carbocycles. The number of ketones is 1. The molecule has 0 aromatic heterocycles. The van der Waals surface area contributed by atoms with Crippen molar-refractivity contribution in [3.05, 3.63) is 59.7 Å². The minimum atomic E-state index is -0.684. The maximum Gasteiger partial charge on any atom is 0.411 e. The monoisotopic (exact) mass is 328 g/mol. The number of anilines is 2. The smallest absolute Gasteiger partial charge is 0.411 e. The largest absolute Gasteiger partial charge is 0.453 e. The van der Waals surface area contributed by atoms with E-state index in [0.29, 0.717) is 11.4 Å². The van der Waals surface area contributed by atoms with E-state index in [4.69, 9.17) is 0 Å². The van der Waals surface area contributed by atoms with Gasteiger partial charge in [0, 0.05) is 11.1 Å². The summed E-state index contributed by atoms with van der Waals surface area (Å²) in [5.41, 5.74) is 1.15. The van der Waals surface area contributed by atoms with Crippen molar-refractivity contribution in [3.63, 3.8) is 0 Å². The van der Waals surface area contributed by atoms with Crippen LogP contribution < -0.4 is 10.6 Å². The Hall–Kier alpha value is -3.35. The van der Waals surface area contributed by atoms with E-state index in [0.717, 1.165) is 0 Å². The summed E-state index contributed by atoms with van der Waals surface area (Å²) >= 11 is 0. The van der Waals surface area contributed by atoms with Crippen LogP contribution in [0.25, 0.3) is 0 Å².